The van der Waals surface area contributed by atoms with Gasteiger partial charge in [0.15, 0.2) is 6.29 Å². The molecule has 2 amide bonds. The van der Waals surface area contributed by atoms with Gasteiger partial charge in [0, 0.05) is 33.2 Å². The molecule has 0 aliphatic carbocycles. The van der Waals surface area contributed by atoms with Crippen molar-refractivity contribution in [2.75, 3.05) is 20.3 Å². The van der Waals surface area contributed by atoms with Crippen molar-refractivity contribution in [2.24, 2.45) is 5.92 Å². The summed E-state index contributed by atoms with van der Waals surface area (Å²) in [6.07, 6.45) is -0.137. The summed E-state index contributed by atoms with van der Waals surface area (Å²) in [4.78, 5) is 41.5. The normalized spacial score (nSPS) is 21.4. The van der Waals surface area contributed by atoms with Crippen molar-refractivity contribution >= 4 is 18.0 Å². The predicted molar refractivity (Wildman–Crippen MR) is 145 cm³/mol. The van der Waals surface area contributed by atoms with Crippen LogP contribution in [0.1, 0.15) is 95.4 Å². The van der Waals surface area contributed by atoms with Crippen molar-refractivity contribution in [3.8, 4) is 0 Å². The molecule has 0 aromatic heterocycles. The van der Waals surface area contributed by atoms with Crippen LogP contribution in [0.15, 0.2) is 0 Å². The second kappa shape index (κ2) is 13.9. The Morgan fingerprint density at radius 3 is 1.76 bits per heavy atom. The SMILES string of the molecule is CCOC(OCC)[C@@H]1C[C@H](C(=O)OC(C)(C)C)N(C(=O)OC(C)(C)C)[C@H]1[C@@H](NC(C)=O)C(CC)(CC)OC. The lowest BCUT2D eigenvalue weighted by Gasteiger charge is -2.47. The summed E-state index contributed by atoms with van der Waals surface area (Å²) in [6, 6.07) is -2.44. The van der Waals surface area contributed by atoms with Crippen LogP contribution >= 0.6 is 0 Å². The molecule has 1 heterocycles. The first-order chi connectivity index (χ1) is 17.5. The number of hydrogen-bond acceptors (Lipinski definition) is 8. The molecule has 0 aromatic carbocycles. The molecule has 0 spiro atoms. The Bertz CT molecular complexity index is 770. The third-order valence-electron chi connectivity index (χ3n) is 6.76. The second-order valence-electron chi connectivity index (χ2n) is 11.8. The summed E-state index contributed by atoms with van der Waals surface area (Å²) in [5.74, 6) is -1.34. The third kappa shape index (κ3) is 8.81. The minimum atomic E-state index is -0.984. The summed E-state index contributed by atoms with van der Waals surface area (Å²) in [5.41, 5.74) is -2.45. The van der Waals surface area contributed by atoms with Gasteiger partial charge in [0.25, 0.3) is 0 Å². The summed E-state index contributed by atoms with van der Waals surface area (Å²) >= 11 is 0. The van der Waals surface area contributed by atoms with E-state index in [4.69, 9.17) is 23.7 Å². The highest BCUT2D eigenvalue weighted by Gasteiger charge is 2.59. The standard InChI is InChI=1S/C28H52N2O8/c1-13-28(14-2,34-12)22(29-18(5)31)21-19(24(35-15-3)36-16-4)17-20(23(32)37-26(6,7)8)30(21)25(33)38-27(9,10)11/h19-22,24H,13-17H2,1-12H3,(H,29,31)/t19-,20-,21-,22-/m1/s1. The first-order valence-electron chi connectivity index (χ1n) is 13.8. The van der Waals surface area contributed by atoms with Gasteiger partial charge in [-0.1, -0.05) is 13.8 Å². The van der Waals surface area contributed by atoms with Gasteiger partial charge < -0.3 is 29.0 Å². The molecular weight excluding hydrogens is 492 g/mol. The average Bonchev–Trinajstić information content (AvgIpc) is 3.18. The Morgan fingerprint density at radius 2 is 1.39 bits per heavy atom. The number of nitrogens with zero attached hydrogens (tertiary/aromatic N) is 1. The molecule has 0 unspecified atom stereocenters. The van der Waals surface area contributed by atoms with E-state index in [9.17, 15) is 14.4 Å². The van der Waals surface area contributed by atoms with Crippen LogP contribution in [0.3, 0.4) is 0 Å². The van der Waals surface area contributed by atoms with Crippen molar-refractivity contribution in [1.82, 2.24) is 10.2 Å². The van der Waals surface area contributed by atoms with Crippen molar-refractivity contribution in [3.63, 3.8) is 0 Å². The van der Waals surface area contributed by atoms with E-state index < -0.39 is 59.2 Å². The molecule has 1 N–H and O–H groups in total. The van der Waals surface area contributed by atoms with E-state index in [0.29, 0.717) is 26.1 Å². The van der Waals surface area contributed by atoms with Gasteiger partial charge in [-0.2, -0.15) is 0 Å². The second-order valence-corrected chi connectivity index (χ2v) is 11.8. The Hall–Kier alpha value is -1.91. The van der Waals surface area contributed by atoms with Gasteiger partial charge in [0.1, 0.15) is 17.2 Å². The number of methoxy groups -OCH3 is 1. The Labute approximate surface area is 229 Å². The zero-order chi connectivity index (χ0) is 29.5. The van der Waals surface area contributed by atoms with E-state index in [0.717, 1.165) is 0 Å². The summed E-state index contributed by atoms with van der Waals surface area (Å²) in [7, 11) is 1.59. The fourth-order valence-corrected chi connectivity index (χ4v) is 5.22. The minimum Gasteiger partial charge on any atom is -0.458 e. The molecule has 0 aromatic rings. The lowest BCUT2D eigenvalue weighted by atomic mass is 9.79. The van der Waals surface area contributed by atoms with Gasteiger partial charge >= 0.3 is 12.1 Å². The highest BCUT2D eigenvalue weighted by Crippen LogP contribution is 2.42. The number of hydrogen-bond donors (Lipinski definition) is 1. The minimum absolute atomic E-state index is 0.201. The van der Waals surface area contributed by atoms with Gasteiger partial charge in [-0.3, -0.25) is 9.69 Å². The van der Waals surface area contributed by atoms with E-state index in [-0.39, 0.29) is 12.3 Å². The molecular formula is C28H52N2O8. The maximum Gasteiger partial charge on any atom is 0.411 e. The molecule has 1 aliphatic heterocycles. The number of nitrogens with one attached hydrogen (secondary N) is 1. The molecule has 0 saturated carbocycles. The summed E-state index contributed by atoms with van der Waals surface area (Å²) in [5, 5.41) is 3.06. The van der Waals surface area contributed by atoms with Crippen molar-refractivity contribution < 1.29 is 38.1 Å². The highest BCUT2D eigenvalue weighted by atomic mass is 16.7. The first kappa shape index (κ1) is 34.1. The fraction of sp³-hybridized carbons (Fsp3) is 0.893. The Balaban J connectivity index is 3.93. The van der Waals surface area contributed by atoms with Gasteiger partial charge in [-0.05, 0) is 74.7 Å². The number of likely N-dealkylation sites (tertiary alicyclic amines) is 1. The van der Waals surface area contributed by atoms with Crippen LogP contribution in [-0.2, 0) is 33.3 Å². The van der Waals surface area contributed by atoms with Crippen molar-refractivity contribution in [2.45, 2.75) is 137 Å². The number of ether oxygens (including phenoxy) is 5. The average molecular weight is 545 g/mol. The van der Waals surface area contributed by atoms with Gasteiger partial charge in [0.05, 0.1) is 17.7 Å². The maximum atomic E-state index is 13.9. The van der Waals surface area contributed by atoms with E-state index in [2.05, 4.69) is 5.32 Å². The molecule has 10 heteroatoms. The highest BCUT2D eigenvalue weighted by molar-refractivity contribution is 5.83. The number of amides is 2. The van der Waals surface area contributed by atoms with Crippen LogP contribution in [0.5, 0.6) is 0 Å². The molecule has 0 radical (unpaired) electrons. The van der Waals surface area contributed by atoms with E-state index in [1.54, 1.807) is 48.7 Å². The van der Waals surface area contributed by atoms with Gasteiger partial charge in [-0.25, -0.2) is 9.59 Å². The lowest BCUT2D eigenvalue weighted by Crippen LogP contribution is -2.66. The summed E-state index contributed by atoms with van der Waals surface area (Å²) in [6.45, 7) is 20.4. The molecule has 4 atom stereocenters. The molecule has 1 fully saturated rings. The van der Waals surface area contributed by atoms with E-state index in [1.807, 2.05) is 27.7 Å². The van der Waals surface area contributed by atoms with Gasteiger partial charge in [-0.15, -0.1) is 0 Å². The van der Waals surface area contributed by atoms with Crippen LogP contribution < -0.4 is 5.32 Å². The zero-order valence-electron chi connectivity index (χ0n) is 25.6. The number of rotatable bonds is 12. The van der Waals surface area contributed by atoms with E-state index >= 15 is 0 Å². The lowest BCUT2D eigenvalue weighted by molar-refractivity contribution is -0.179. The Morgan fingerprint density at radius 1 is 0.895 bits per heavy atom. The van der Waals surface area contributed by atoms with Gasteiger partial charge in [0.2, 0.25) is 5.91 Å². The quantitative estimate of drug-likeness (QED) is 0.284. The maximum absolute atomic E-state index is 13.9. The van der Waals surface area contributed by atoms with Crippen molar-refractivity contribution in [1.29, 1.82) is 0 Å². The molecule has 1 aliphatic rings. The smallest absolute Gasteiger partial charge is 0.411 e. The van der Waals surface area contributed by atoms with Crippen LogP contribution in [0, 0.1) is 5.92 Å². The molecule has 222 valence electrons. The molecule has 38 heavy (non-hydrogen) atoms. The Kier molecular flexibility index (Phi) is 12.5. The number of carbonyl (C=O) groups is 3. The molecule has 10 nitrogen and oxygen atoms in total. The largest absolute Gasteiger partial charge is 0.458 e. The van der Waals surface area contributed by atoms with Crippen molar-refractivity contribution in [3.05, 3.63) is 0 Å². The van der Waals surface area contributed by atoms with E-state index in [1.165, 1.54) is 11.8 Å². The number of esters is 1. The monoisotopic (exact) mass is 544 g/mol. The molecule has 0 bridgehead atoms. The molecule has 1 saturated heterocycles. The van der Waals surface area contributed by atoms with Crippen LogP contribution in [0.2, 0.25) is 0 Å². The van der Waals surface area contributed by atoms with Crippen LogP contribution in [0.4, 0.5) is 4.79 Å². The topological polar surface area (TPSA) is 113 Å². The van der Waals surface area contributed by atoms with Crippen LogP contribution in [-0.4, -0.2) is 84.4 Å². The fourth-order valence-electron chi connectivity index (χ4n) is 5.22. The first-order valence-corrected chi connectivity index (χ1v) is 13.8. The molecule has 1 rings (SSSR count). The van der Waals surface area contributed by atoms with Crippen LogP contribution in [0.25, 0.3) is 0 Å². The predicted octanol–water partition coefficient (Wildman–Crippen LogP) is 4.43. The third-order valence-corrected chi connectivity index (χ3v) is 6.76. The summed E-state index contributed by atoms with van der Waals surface area (Å²) < 4.78 is 29.7. The number of carbonyl (C=O) groups excluding carboxylic acids is 3. The zero-order valence-corrected chi connectivity index (χ0v) is 25.6.